The first-order valence-corrected chi connectivity index (χ1v) is 6.19. The average molecular weight is 276 g/mol. The third-order valence-electron chi connectivity index (χ3n) is 2.52. The minimum absolute atomic E-state index is 0.193. The standard InChI is InChI=1S/C9H10BrNO2S/c10-7-6(5-3-1-2-4-5)14-8(11-7)9(12)13/h5H,1-4H2,(H,12,13). The van der Waals surface area contributed by atoms with Gasteiger partial charge in [0.05, 0.1) is 0 Å². The summed E-state index contributed by atoms with van der Waals surface area (Å²) in [6, 6.07) is 0. The van der Waals surface area contributed by atoms with Crippen LogP contribution in [0.15, 0.2) is 4.60 Å². The molecule has 0 saturated heterocycles. The van der Waals surface area contributed by atoms with Crippen LogP contribution >= 0.6 is 27.3 Å². The highest BCUT2D eigenvalue weighted by atomic mass is 79.9. The first-order chi connectivity index (χ1) is 6.68. The normalized spacial score (nSPS) is 17.5. The molecule has 2 rings (SSSR count). The van der Waals surface area contributed by atoms with Crippen molar-refractivity contribution in [1.82, 2.24) is 4.98 Å². The third kappa shape index (κ3) is 1.83. The van der Waals surface area contributed by atoms with Gasteiger partial charge in [0.2, 0.25) is 5.01 Å². The van der Waals surface area contributed by atoms with Gasteiger partial charge in [0, 0.05) is 4.88 Å². The van der Waals surface area contributed by atoms with Crippen molar-refractivity contribution < 1.29 is 9.90 Å². The van der Waals surface area contributed by atoms with Gasteiger partial charge in [-0.1, -0.05) is 12.8 Å². The first kappa shape index (κ1) is 10.1. The van der Waals surface area contributed by atoms with Gasteiger partial charge >= 0.3 is 5.97 Å². The molecule has 5 heteroatoms. The van der Waals surface area contributed by atoms with Crippen molar-refractivity contribution >= 4 is 33.2 Å². The molecular weight excluding hydrogens is 266 g/mol. The summed E-state index contributed by atoms with van der Waals surface area (Å²) in [6.07, 6.45) is 4.83. The van der Waals surface area contributed by atoms with E-state index in [1.807, 2.05) is 0 Å². The fourth-order valence-electron chi connectivity index (χ4n) is 1.84. The lowest BCUT2D eigenvalue weighted by molar-refractivity contribution is 0.0696. The minimum Gasteiger partial charge on any atom is -0.476 e. The van der Waals surface area contributed by atoms with Crippen molar-refractivity contribution in [1.29, 1.82) is 0 Å². The number of aromatic nitrogens is 1. The Morgan fingerprint density at radius 3 is 2.64 bits per heavy atom. The second-order valence-electron chi connectivity index (χ2n) is 3.46. The van der Waals surface area contributed by atoms with Crippen LogP contribution in [-0.4, -0.2) is 16.1 Å². The Bertz CT molecular complexity index is 358. The van der Waals surface area contributed by atoms with Crippen LogP contribution in [0.4, 0.5) is 0 Å². The Morgan fingerprint density at radius 1 is 1.50 bits per heavy atom. The van der Waals surface area contributed by atoms with E-state index in [1.54, 1.807) is 0 Å². The van der Waals surface area contributed by atoms with Gasteiger partial charge in [0.1, 0.15) is 4.60 Å². The second-order valence-corrected chi connectivity index (χ2v) is 5.24. The molecule has 3 nitrogen and oxygen atoms in total. The molecule has 0 unspecified atom stereocenters. The van der Waals surface area contributed by atoms with Crippen molar-refractivity contribution in [2.45, 2.75) is 31.6 Å². The molecule has 0 atom stereocenters. The zero-order valence-corrected chi connectivity index (χ0v) is 9.90. The van der Waals surface area contributed by atoms with Gasteiger partial charge in [-0.2, -0.15) is 0 Å². The number of halogens is 1. The molecule has 0 spiro atoms. The highest BCUT2D eigenvalue weighted by Gasteiger charge is 2.24. The van der Waals surface area contributed by atoms with Gasteiger partial charge < -0.3 is 5.11 Å². The zero-order chi connectivity index (χ0) is 10.1. The van der Waals surface area contributed by atoms with E-state index in [1.165, 1.54) is 37.0 Å². The van der Waals surface area contributed by atoms with E-state index >= 15 is 0 Å². The highest BCUT2D eigenvalue weighted by molar-refractivity contribution is 9.10. The summed E-state index contributed by atoms with van der Waals surface area (Å²) < 4.78 is 0.729. The van der Waals surface area contributed by atoms with Gasteiger partial charge in [-0.05, 0) is 34.7 Å². The number of nitrogens with zero attached hydrogens (tertiary/aromatic N) is 1. The van der Waals surface area contributed by atoms with Crippen molar-refractivity contribution in [3.05, 3.63) is 14.5 Å². The van der Waals surface area contributed by atoms with Gasteiger partial charge in [0.15, 0.2) is 0 Å². The van der Waals surface area contributed by atoms with Gasteiger partial charge in [-0.15, -0.1) is 11.3 Å². The molecule has 1 aromatic rings. The summed E-state index contributed by atoms with van der Waals surface area (Å²) in [5.74, 6) is -0.407. The third-order valence-corrected chi connectivity index (χ3v) is 4.59. The van der Waals surface area contributed by atoms with Crippen LogP contribution in [0.3, 0.4) is 0 Å². The molecule has 0 radical (unpaired) electrons. The number of carboxylic acid groups (broad SMARTS) is 1. The predicted octanol–water partition coefficient (Wildman–Crippen LogP) is 3.26. The minimum atomic E-state index is -0.931. The molecule has 0 aromatic carbocycles. The van der Waals surface area contributed by atoms with E-state index < -0.39 is 5.97 Å². The summed E-state index contributed by atoms with van der Waals surface area (Å²) in [5, 5.41) is 8.99. The van der Waals surface area contributed by atoms with Crippen LogP contribution < -0.4 is 0 Å². The molecule has 1 aromatic heterocycles. The zero-order valence-electron chi connectivity index (χ0n) is 7.49. The summed E-state index contributed by atoms with van der Waals surface area (Å²) in [5.41, 5.74) is 0. The molecule has 1 aliphatic rings. The van der Waals surface area contributed by atoms with Crippen molar-refractivity contribution in [3.8, 4) is 0 Å². The van der Waals surface area contributed by atoms with Crippen molar-refractivity contribution in [2.75, 3.05) is 0 Å². The number of hydrogen-bond acceptors (Lipinski definition) is 3. The molecule has 14 heavy (non-hydrogen) atoms. The largest absolute Gasteiger partial charge is 0.476 e. The highest BCUT2D eigenvalue weighted by Crippen LogP contribution is 2.40. The number of carbonyl (C=O) groups is 1. The Balaban J connectivity index is 2.28. The molecule has 0 bridgehead atoms. The quantitative estimate of drug-likeness (QED) is 0.901. The molecule has 1 aliphatic carbocycles. The lowest BCUT2D eigenvalue weighted by Crippen LogP contribution is -1.93. The average Bonchev–Trinajstić information content (AvgIpc) is 2.71. The Kier molecular flexibility index (Phi) is 2.88. The molecule has 76 valence electrons. The monoisotopic (exact) mass is 275 g/mol. The van der Waals surface area contributed by atoms with E-state index in [0.29, 0.717) is 5.92 Å². The summed E-state index contributed by atoms with van der Waals surface area (Å²) >= 11 is 4.64. The Labute approximate surface area is 94.3 Å². The van der Waals surface area contributed by atoms with Gasteiger partial charge in [0.25, 0.3) is 0 Å². The fourth-order valence-corrected chi connectivity index (χ4v) is 3.67. The Morgan fingerprint density at radius 2 is 2.14 bits per heavy atom. The predicted molar refractivity (Wildman–Crippen MR) is 58.0 cm³/mol. The van der Waals surface area contributed by atoms with E-state index in [0.717, 1.165) is 9.48 Å². The lowest BCUT2D eigenvalue weighted by atomic mass is 10.1. The van der Waals surface area contributed by atoms with Crippen LogP contribution in [-0.2, 0) is 0 Å². The molecule has 1 fully saturated rings. The van der Waals surface area contributed by atoms with Crippen molar-refractivity contribution in [3.63, 3.8) is 0 Å². The molecule has 1 saturated carbocycles. The summed E-state index contributed by atoms with van der Waals surface area (Å²) in [6.45, 7) is 0. The molecule has 1 N–H and O–H groups in total. The maximum Gasteiger partial charge on any atom is 0.365 e. The van der Waals surface area contributed by atoms with Crippen LogP contribution in [0.2, 0.25) is 0 Å². The fraction of sp³-hybridized carbons (Fsp3) is 0.556. The summed E-state index contributed by atoms with van der Waals surface area (Å²) in [7, 11) is 0. The lowest BCUT2D eigenvalue weighted by Gasteiger charge is -2.04. The number of aromatic carboxylic acids is 1. The second kappa shape index (κ2) is 3.98. The van der Waals surface area contributed by atoms with Gasteiger partial charge in [-0.25, -0.2) is 9.78 Å². The maximum atomic E-state index is 10.7. The topological polar surface area (TPSA) is 50.2 Å². The molecule has 0 aliphatic heterocycles. The van der Waals surface area contributed by atoms with E-state index in [9.17, 15) is 4.79 Å². The smallest absolute Gasteiger partial charge is 0.365 e. The van der Waals surface area contributed by atoms with E-state index in [4.69, 9.17) is 5.11 Å². The number of carboxylic acids is 1. The summed E-state index contributed by atoms with van der Waals surface area (Å²) in [4.78, 5) is 15.8. The first-order valence-electron chi connectivity index (χ1n) is 4.58. The van der Waals surface area contributed by atoms with E-state index in [2.05, 4.69) is 20.9 Å². The van der Waals surface area contributed by atoms with Gasteiger partial charge in [-0.3, -0.25) is 0 Å². The van der Waals surface area contributed by atoms with E-state index in [-0.39, 0.29) is 5.01 Å². The van der Waals surface area contributed by atoms with Crippen LogP contribution in [0.25, 0.3) is 0 Å². The van der Waals surface area contributed by atoms with Crippen molar-refractivity contribution in [2.24, 2.45) is 0 Å². The molecular formula is C9H10BrNO2S. The maximum absolute atomic E-state index is 10.7. The van der Waals surface area contributed by atoms with Crippen LogP contribution in [0, 0.1) is 0 Å². The number of hydrogen-bond donors (Lipinski definition) is 1. The van der Waals surface area contributed by atoms with Crippen LogP contribution in [0.5, 0.6) is 0 Å². The SMILES string of the molecule is O=C(O)c1nc(Br)c(C2CCCC2)s1. The number of rotatable bonds is 2. The number of thiazole rings is 1. The van der Waals surface area contributed by atoms with Crippen LogP contribution in [0.1, 0.15) is 46.3 Å². The Hall–Kier alpha value is -0.420. The molecule has 1 heterocycles. The molecule has 0 amide bonds.